The van der Waals surface area contributed by atoms with Crippen molar-refractivity contribution in [1.82, 2.24) is 9.88 Å². The fourth-order valence-corrected chi connectivity index (χ4v) is 5.27. The number of anilines is 1. The molecular formula is C20H21ClN4O5S2. The first-order valence-corrected chi connectivity index (χ1v) is 12.4. The Balaban J connectivity index is 1.83. The van der Waals surface area contributed by atoms with E-state index in [-0.39, 0.29) is 22.8 Å². The van der Waals surface area contributed by atoms with Crippen LogP contribution in [0.15, 0.2) is 47.4 Å². The van der Waals surface area contributed by atoms with Crippen molar-refractivity contribution >= 4 is 59.7 Å². The van der Waals surface area contributed by atoms with E-state index in [1.165, 1.54) is 47.4 Å². The first-order valence-electron chi connectivity index (χ1n) is 9.55. The van der Waals surface area contributed by atoms with Crippen molar-refractivity contribution in [2.45, 2.75) is 11.3 Å². The number of non-ortho nitro benzene ring substituents is 1. The lowest BCUT2D eigenvalue weighted by Gasteiger charge is -2.22. The fourth-order valence-electron chi connectivity index (χ4n) is 2.87. The Kier molecular flexibility index (Phi) is 7.44. The van der Waals surface area contributed by atoms with E-state index >= 15 is 0 Å². The standard InChI is InChI=1S/C20H21ClN4O5S2/c1-23(2)10-11-24(20-22-17-8-5-15(25(27)28)13-18(17)31-20)19(26)9-12-32(29,30)16-6-3-14(21)4-7-16/h3-8,13H,9-12H2,1-2H3. The van der Waals surface area contributed by atoms with Crippen molar-refractivity contribution in [3.05, 3.63) is 57.6 Å². The number of hydrogen-bond donors (Lipinski definition) is 0. The minimum Gasteiger partial charge on any atom is -0.308 e. The summed E-state index contributed by atoms with van der Waals surface area (Å²) in [5.41, 5.74) is 0.472. The molecule has 3 aromatic rings. The molecule has 0 aliphatic heterocycles. The van der Waals surface area contributed by atoms with Crippen LogP contribution in [0, 0.1) is 10.1 Å². The molecule has 1 aromatic heterocycles. The largest absolute Gasteiger partial charge is 0.308 e. The number of aromatic nitrogens is 1. The third-order valence-corrected chi connectivity index (χ3v) is 7.66. The molecule has 2 aromatic carbocycles. The second-order valence-electron chi connectivity index (χ2n) is 7.28. The number of amides is 1. The lowest BCUT2D eigenvalue weighted by Crippen LogP contribution is -2.37. The van der Waals surface area contributed by atoms with E-state index in [0.717, 1.165) is 11.3 Å². The summed E-state index contributed by atoms with van der Waals surface area (Å²) in [4.78, 5) is 31.4. The molecule has 1 amide bonds. The molecule has 0 atom stereocenters. The van der Waals surface area contributed by atoms with Gasteiger partial charge in [0.15, 0.2) is 15.0 Å². The lowest BCUT2D eigenvalue weighted by atomic mass is 10.3. The second kappa shape index (κ2) is 9.90. The van der Waals surface area contributed by atoms with Crippen LogP contribution in [-0.2, 0) is 14.6 Å². The van der Waals surface area contributed by atoms with E-state index in [2.05, 4.69) is 4.98 Å². The Labute approximate surface area is 194 Å². The van der Waals surface area contributed by atoms with Gasteiger partial charge < -0.3 is 4.90 Å². The average molecular weight is 497 g/mol. The summed E-state index contributed by atoms with van der Waals surface area (Å²) in [5.74, 6) is -0.750. The van der Waals surface area contributed by atoms with E-state index in [9.17, 15) is 23.3 Å². The highest BCUT2D eigenvalue weighted by molar-refractivity contribution is 7.91. The van der Waals surface area contributed by atoms with Gasteiger partial charge in [-0.15, -0.1) is 0 Å². The van der Waals surface area contributed by atoms with Gasteiger partial charge in [-0.1, -0.05) is 22.9 Å². The Morgan fingerprint density at radius 3 is 2.47 bits per heavy atom. The van der Waals surface area contributed by atoms with Gasteiger partial charge in [0.05, 0.1) is 25.8 Å². The lowest BCUT2D eigenvalue weighted by molar-refractivity contribution is -0.384. The maximum Gasteiger partial charge on any atom is 0.270 e. The molecule has 3 rings (SSSR count). The van der Waals surface area contributed by atoms with Crippen LogP contribution in [0.1, 0.15) is 6.42 Å². The normalized spacial score (nSPS) is 11.8. The number of halogens is 1. The number of nitro benzene ring substituents is 1. The molecular weight excluding hydrogens is 476 g/mol. The number of sulfone groups is 1. The van der Waals surface area contributed by atoms with Crippen LogP contribution in [0.3, 0.4) is 0 Å². The quantitative estimate of drug-likeness (QED) is 0.328. The van der Waals surface area contributed by atoms with Crippen LogP contribution in [0.5, 0.6) is 0 Å². The summed E-state index contributed by atoms with van der Waals surface area (Å²) in [6, 6.07) is 10.1. The number of likely N-dealkylation sites (N-methyl/N-ethyl adjacent to an activating group) is 1. The SMILES string of the molecule is CN(C)CCN(C(=O)CCS(=O)(=O)c1ccc(Cl)cc1)c1nc2ccc([N+](=O)[O-])cc2s1. The summed E-state index contributed by atoms with van der Waals surface area (Å²) in [7, 11) is 0.0456. The third kappa shape index (κ3) is 5.80. The van der Waals surface area contributed by atoms with Crippen molar-refractivity contribution in [3.8, 4) is 0 Å². The van der Waals surface area contributed by atoms with Crippen LogP contribution < -0.4 is 4.90 Å². The molecule has 0 N–H and O–H groups in total. The highest BCUT2D eigenvalue weighted by atomic mass is 35.5. The highest BCUT2D eigenvalue weighted by Gasteiger charge is 2.24. The molecule has 12 heteroatoms. The number of nitro groups is 1. The molecule has 0 aliphatic carbocycles. The van der Waals surface area contributed by atoms with Crippen LogP contribution in [0.25, 0.3) is 10.2 Å². The molecule has 9 nitrogen and oxygen atoms in total. The molecule has 0 spiro atoms. The molecule has 0 bridgehead atoms. The zero-order valence-electron chi connectivity index (χ0n) is 17.4. The van der Waals surface area contributed by atoms with E-state index in [4.69, 9.17) is 11.6 Å². The monoisotopic (exact) mass is 496 g/mol. The molecule has 1 heterocycles. The minimum atomic E-state index is -3.67. The molecule has 0 radical (unpaired) electrons. The van der Waals surface area contributed by atoms with Gasteiger partial charge in [0, 0.05) is 36.7 Å². The molecule has 0 saturated carbocycles. The predicted octanol–water partition coefficient (Wildman–Crippen LogP) is 3.62. The molecule has 0 saturated heterocycles. The molecule has 32 heavy (non-hydrogen) atoms. The zero-order chi connectivity index (χ0) is 23.5. The maximum absolute atomic E-state index is 13.0. The summed E-state index contributed by atoms with van der Waals surface area (Å²) < 4.78 is 25.8. The van der Waals surface area contributed by atoms with Gasteiger partial charge >= 0.3 is 0 Å². The Morgan fingerprint density at radius 1 is 1.16 bits per heavy atom. The number of thiazole rings is 1. The minimum absolute atomic E-state index is 0.0621. The first kappa shape index (κ1) is 24.1. The zero-order valence-corrected chi connectivity index (χ0v) is 19.8. The van der Waals surface area contributed by atoms with Crippen LogP contribution in [-0.4, -0.2) is 62.1 Å². The molecule has 0 unspecified atom stereocenters. The smallest absolute Gasteiger partial charge is 0.270 e. The average Bonchev–Trinajstić information content (AvgIpc) is 3.15. The topological polar surface area (TPSA) is 114 Å². The van der Waals surface area contributed by atoms with Gasteiger partial charge in [0.2, 0.25) is 5.91 Å². The summed E-state index contributed by atoms with van der Waals surface area (Å²) in [6.45, 7) is 0.834. The Bertz CT molecular complexity index is 1240. The van der Waals surface area contributed by atoms with Crippen molar-refractivity contribution < 1.29 is 18.1 Å². The van der Waals surface area contributed by atoms with Crippen LogP contribution in [0.4, 0.5) is 10.8 Å². The second-order valence-corrected chi connectivity index (χ2v) is 10.8. The predicted molar refractivity (Wildman–Crippen MR) is 125 cm³/mol. The number of carbonyl (C=O) groups excluding carboxylic acids is 1. The van der Waals surface area contributed by atoms with Gasteiger partial charge in [0.1, 0.15) is 0 Å². The summed E-state index contributed by atoms with van der Waals surface area (Å²) >= 11 is 6.97. The van der Waals surface area contributed by atoms with Gasteiger partial charge in [-0.2, -0.15) is 0 Å². The van der Waals surface area contributed by atoms with Gasteiger partial charge in [-0.25, -0.2) is 13.4 Å². The third-order valence-electron chi connectivity index (χ3n) is 4.63. The number of nitrogens with zero attached hydrogens (tertiary/aromatic N) is 4. The number of carbonyl (C=O) groups is 1. The fraction of sp³-hybridized carbons (Fsp3) is 0.300. The molecule has 0 aliphatic rings. The molecule has 0 fully saturated rings. The number of benzene rings is 2. The van der Waals surface area contributed by atoms with Gasteiger partial charge in [0.25, 0.3) is 5.69 Å². The number of rotatable bonds is 9. The number of hydrogen-bond acceptors (Lipinski definition) is 8. The van der Waals surface area contributed by atoms with E-state index < -0.39 is 20.7 Å². The summed E-state index contributed by atoms with van der Waals surface area (Å²) in [6.07, 6.45) is -0.228. The summed E-state index contributed by atoms with van der Waals surface area (Å²) in [5, 5.41) is 11.8. The first-order chi connectivity index (χ1) is 15.1. The van der Waals surface area contributed by atoms with Crippen molar-refractivity contribution in [2.24, 2.45) is 0 Å². The Morgan fingerprint density at radius 2 is 1.84 bits per heavy atom. The van der Waals surface area contributed by atoms with Crippen molar-refractivity contribution in [1.29, 1.82) is 0 Å². The molecule has 170 valence electrons. The van der Waals surface area contributed by atoms with Crippen molar-refractivity contribution in [2.75, 3.05) is 37.8 Å². The number of fused-ring (bicyclic) bond motifs is 1. The van der Waals surface area contributed by atoms with E-state index in [1.54, 1.807) is 0 Å². The highest BCUT2D eigenvalue weighted by Crippen LogP contribution is 2.32. The van der Waals surface area contributed by atoms with Crippen LogP contribution in [0.2, 0.25) is 5.02 Å². The van der Waals surface area contributed by atoms with E-state index in [0.29, 0.717) is 33.5 Å². The van der Waals surface area contributed by atoms with Gasteiger partial charge in [-0.3, -0.25) is 19.8 Å². The maximum atomic E-state index is 13.0. The van der Waals surface area contributed by atoms with E-state index in [1.807, 2.05) is 19.0 Å². The van der Waals surface area contributed by atoms with Gasteiger partial charge in [-0.05, 0) is 44.4 Å². The Hall–Kier alpha value is -2.60. The van der Waals surface area contributed by atoms with Crippen LogP contribution >= 0.6 is 22.9 Å². The van der Waals surface area contributed by atoms with Crippen molar-refractivity contribution in [3.63, 3.8) is 0 Å².